The Morgan fingerprint density at radius 2 is 2.09 bits per heavy atom. The van der Waals surface area contributed by atoms with Crippen molar-refractivity contribution in [2.45, 2.75) is 71.5 Å². The van der Waals surface area contributed by atoms with Crippen LogP contribution in [0.2, 0.25) is 0 Å². The molecule has 2 aliphatic heterocycles. The van der Waals surface area contributed by atoms with Gasteiger partial charge in [-0.3, -0.25) is 9.69 Å². The van der Waals surface area contributed by atoms with Crippen LogP contribution in [-0.4, -0.2) is 29.6 Å². The van der Waals surface area contributed by atoms with Gasteiger partial charge < -0.3 is 4.74 Å². The van der Waals surface area contributed by atoms with Gasteiger partial charge in [-0.05, 0) is 51.2 Å². The van der Waals surface area contributed by atoms with Gasteiger partial charge in [0.15, 0.2) is 0 Å². The molecule has 4 heteroatoms. The third-order valence-corrected chi connectivity index (χ3v) is 6.81. The Morgan fingerprint density at radius 3 is 2.73 bits per heavy atom. The van der Waals surface area contributed by atoms with E-state index in [9.17, 15) is 4.79 Å². The average Bonchev–Trinajstić information content (AvgIpc) is 3.22. The number of carbonyl (C=O) groups excluding carboxylic acids is 1. The van der Waals surface area contributed by atoms with E-state index in [0.29, 0.717) is 18.7 Å². The van der Waals surface area contributed by atoms with Crippen molar-refractivity contribution in [3.63, 3.8) is 0 Å². The van der Waals surface area contributed by atoms with Crippen LogP contribution >= 0.6 is 11.3 Å². The summed E-state index contributed by atoms with van der Waals surface area (Å²) >= 11 is 1.92. The number of rotatable bonds is 6. The van der Waals surface area contributed by atoms with Gasteiger partial charge in [0.1, 0.15) is 0 Å². The van der Waals surface area contributed by atoms with Crippen LogP contribution in [0.15, 0.2) is 12.1 Å². The number of nitrogens with zero attached hydrogens (tertiary/aromatic N) is 1. The molecule has 3 heterocycles. The highest BCUT2D eigenvalue weighted by molar-refractivity contribution is 7.11. The number of esters is 1. The number of thiophene rings is 1. The van der Waals surface area contributed by atoms with E-state index in [4.69, 9.17) is 4.74 Å². The van der Waals surface area contributed by atoms with Crippen molar-refractivity contribution in [2.75, 3.05) is 6.61 Å². The topological polar surface area (TPSA) is 29.5 Å². The minimum atomic E-state index is -0.260. The van der Waals surface area contributed by atoms with Crippen LogP contribution in [0.3, 0.4) is 0 Å². The number of fused-ring (bicyclic) bond motifs is 2. The summed E-state index contributed by atoms with van der Waals surface area (Å²) in [5, 5.41) is 0. The van der Waals surface area contributed by atoms with Gasteiger partial charge in [0.25, 0.3) is 0 Å². The molecule has 2 fully saturated rings. The number of ether oxygens (including phenoxy) is 1. The van der Waals surface area contributed by atoms with Crippen molar-refractivity contribution in [3.8, 4) is 0 Å². The first-order valence-corrected chi connectivity index (χ1v) is 9.46. The number of carbonyl (C=O) groups is 1. The van der Waals surface area contributed by atoms with Crippen molar-refractivity contribution in [1.29, 1.82) is 0 Å². The summed E-state index contributed by atoms with van der Waals surface area (Å²) in [5.74, 6) is 0.0372. The van der Waals surface area contributed by atoms with Crippen molar-refractivity contribution in [1.82, 2.24) is 4.90 Å². The Kier molecular flexibility index (Phi) is 4.60. The molecule has 0 radical (unpaired) electrons. The van der Waals surface area contributed by atoms with Crippen molar-refractivity contribution in [2.24, 2.45) is 5.41 Å². The zero-order valence-electron chi connectivity index (χ0n) is 13.9. The lowest BCUT2D eigenvalue weighted by molar-refractivity contribution is -0.157. The maximum absolute atomic E-state index is 12.6. The molecular weight excluding hydrogens is 294 g/mol. The molecule has 1 aromatic rings. The van der Waals surface area contributed by atoms with E-state index in [0.717, 1.165) is 32.2 Å². The Morgan fingerprint density at radius 1 is 1.32 bits per heavy atom. The van der Waals surface area contributed by atoms with Crippen LogP contribution in [0.5, 0.6) is 0 Å². The maximum Gasteiger partial charge on any atom is 0.313 e. The molecular formula is C18H27NO2S. The molecule has 2 bridgehead atoms. The zero-order chi connectivity index (χ0) is 15.7. The van der Waals surface area contributed by atoms with Crippen LogP contribution in [0, 0.1) is 5.41 Å². The van der Waals surface area contributed by atoms with Crippen LogP contribution < -0.4 is 0 Å². The summed E-state index contributed by atoms with van der Waals surface area (Å²) in [4.78, 5) is 18.1. The maximum atomic E-state index is 12.6. The predicted molar refractivity (Wildman–Crippen MR) is 90.0 cm³/mol. The molecule has 22 heavy (non-hydrogen) atoms. The first-order chi connectivity index (χ1) is 10.6. The molecule has 3 atom stereocenters. The Bertz CT molecular complexity index is 541. The summed E-state index contributed by atoms with van der Waals surface area (Å²) in [6, 6.07) is 5.44. The number of hydrogen-bond donors (Lipinski definition) is 0. The van der Waals surface area contributed by atoms with Gasteiger partial charge in [0, 0.05) is 28.4 Å². The van der Waals surface area contributed by atoms with E-state index in [2.05, 4.69) is 30.9 Å². The highest BCUT2D eigenvalue weighted by atomic mass is 32.1. The van der Waals surface area contributed by atoms with E-state index < -0.39 is 0 Å². The molecule has 0 aliphatic carbocycles. The lowest BCUT2D eigenvalue weighted by Gasteiger charge is -2.34. The van der Waals surface area contributed by atoms with Crippen LogP contribution in [0.4, 0.5) is 0 Å². The Hall–Kier alpha value is -0.870. The molecule has 122 valence electrons. The first-order valence-electron chi connectivity index (χ1n) is 8.65. The molecule has 0 saturated carbocycles. The molecule has 0 unspecified atom stereocenters. The summed E-state index contributed by atoms with van der Waals surface area (Å²) in [7, 11) is 0. The molecule has 1 aromatic heterocycles. The number of aryl methyl sites for hydroxylation is 1. The van der Waals surface area contributed by atoms with Crippen LogP contribution in [0.25, 0.3) is 0 Å². The predicted octanol–water partition coefficient (Wildman–Crippen LogP) is 4.01. The standard InChI is InChI=1S/C18H27NO2S/c1-4-14-8-9-15(22-14)12-19-13-7-10-16(19)18(5-2,11-13)17(20)21-6-3/h8-9,13,16H,4-7,10-12H2,1-3H3/t13-,16+,18+/m0/s1. The summed E-state index contributed by atoms with van der Waals surface area (Å²) in [6.45, 7) is 7.75. The molecule has 2 aliphatic rings. The van der Waals surface area contributed by atoms with Gasteiger partial charge in [-0.15, -0.1) is 11.3 Å². The van der Waals surface area contributed by atoms with Gasteiger partial charge in [0.2, 0.25) is 0 Å². The van der Waals surface area contributed by atoms with Crippen molar-refractivity contribution >= 4 is 17.3 Å². The fraction of sp³-hybridized carbons (Fsp3) is 0.722. The SMILES string of the molecule is CCOC(=O)[C@]1(CC)C[C@@H]2CC[C@H]1N2Cc1ccc(CC)s1. The largest absolute Gasteiger partial charge is 0.466 e. The summed E-state index contributed by atoms with van der Waals surface area (Å²) < 4.78 is 5.43. The monoisotopic (exact) mass is 321 g/mol. The van der Waals surface area contributed by atoms with Crippen molar-refractivity contribution in [3.05, 3.63) is 21.9 Å². The Labute approximate surface area is 137 Å². The first kappa shape index (κ1) is 16.0. The molecule has 0 N–H and O–H groups in total. The fourth-order valence-corrected chi connectivity index (χ4v) is 5.41. The second-order valence-electron chi connectivity index (χ2n) is 6.58. The number of hydrogen-bond acceptors (Lipinski definition) is 4. The minimum absolute atomic E-state index is 0.0372. The average molecular weight is 321 g/mol. The van der Waals surface area contributed by atoms with Gasteiger partial charge in [0.05, 0.1) is 12.0 Å². The molecule has 0 spiro atoms. The van der Waals surface area contributed by atoms with Crippen LogP contribution in [0.1, 0.15) is 56.2 Å². The highest BCUT2D eigenvalue weighted by Gasteiger charge is 2.59. The van der Waals surface area contributed by atoms with Gasteiger partial charge in [-0.2, -0.15) is 0 Å². The Balaban J connectivity index is 1.78. The van der Waals surface area contributed by atoms with E-state index in [1.165, 1.54) is 16.2 Å². The summed E-state index contributed by atoms with van der Waals surface area (Å²) in [5.41, 5.74) is -0.260. The second-order valence-corrected chi connectivity index (χ2v) is 7.83. The van der Waals surface area contributed by atoms with Crippen molar-refractivity contribution < 1.29 is 9.53 Å². The third-order valence-electron chi connectivity index (χ3n) is 5.60. The zero-order valence-corrected chi connectivity index (χ0v) is 14.7. The molecule has 0 amide bonds. The molecule has 2 saturated heterocycles. The quantitative estimate of drug-likeness (QED) is 0.742. The van der Waals surface area contributed by atoms with Gasteiger partial charge in [-0.1, -0.05) is 13.8 Å². The van der Waals surface area contributed by atoms with Gasteiger partial charge >= 0.3 is 5.97 Å². The fourth-order valence-electron chi connectivity index (χ4n) is 4.44. The van der Waals surface area contributed by atoms with E-state index in [-0.39, 0.29) is 11.4 Å². The lowest BCUT2D eigenvalue weighted by Crippen LogP contribution is -2.43. The van der Waals surface area contributed by atoms with E-state index in [1.54, 1.807) is 0 Å². The second kappa shape index (κ2) is 6.32. The third kappa shape index (κ3) is 2.50. The van der Waals surface area contributed by atoms with E-state index in [1.807, 2.05) is 18.3 Å². The summed E-state index contributed by atoms with van der Waals surface area (Å²) in [6.07, 6.45) is 5.37. The highest BCUT2D eigenvalue weighted by Crippen LogP contribution is 2.53. The van der Waals surface area contributed by atoms with Crippen LogP contribution in [-0.2, 0) is 22.5 Å². The van der Waals surface area contributed by atoms with E-state index >= 15 is 0 Å². The normalized spacial score (nSPS) is 30.9. The van der Waals surface area contributed by atoms with Gasteiger partial charge in [-0.25, -0.2) is 0 Å². The molecule has 0 aromatic carbocycles. The molecule has 3 nitrogen and oxygen atoms in total. The molecule has 3 rings (SSSR count). The lowest BCUT2D eigenvalue weighted by atomic mass is 9.72. The smallest absolute Gasteiger partial charge is 0.313 e. The minimum Gasteiger partial charge on any atom is -0.466 e.